The van der Waals surface area contributed by atoms with Crippen molar-refractivity contribution in [1.82, 2.24) is 4.90 Å². The molecule has 25 heavy (non-hydrogen) atoms. The van der Waals surface area contributed by atoms with Gasteiger partial charge < -0.3 is 20.1 Å². The maximum absolute atomic E-state index is 12.6. The van der Waals surface area contributed by atoms with Crippen LogP contribution in [0.25, 0.3) is 0 Å². The highest BCUT2D eigenvalue weighted by Gasteiger charge is 2.33. The van der Waals surface area contributed by atoms with Crippen LogP contribution in [0.3, 0.4) is 0 Å². The monoisotopic (exact) mass is 340 g/mol. The number of nitrogens with two attached hydrogens (primary N) is 1. The van der Waals surface area contributed by atoms with Crippen molar-refractivity contribution < 1.29 is 19.1 Å². The van der Waals surface area contributed by atoms with Gasteiger partial charge in [0.05, 0.1) is 7.11 Å². The zero-order chi connectivity index (χ0) is 17.8. The molecule has 0 aromatic heterocycles. The lowest BCUT2D eigenvalue weighted by atomic mass is 10.1. The number of methoxy groups -OCH3 is 1. The number of carbonyl (C=O) groups excluding carboxylic acids is 2. The third-order valence-electron chi connectivity index (χ3n) is 4.24. The maximum atomic E-state index is 12.6. The number of primary amides is 1. The summed E-state index contributed by atoms with van der Waals surface area (Å²) in [5, 5.41) is 0. The Balaban J connectivity index is 1.69. The number of nitrogens with zero attached hydrogens (tertiary/aromatic N) is 1. The number of carbonyl (C=O) groups is 2. The normalized spacial score (nSPS) is 16.5. The molecule has 1 aliphatic rings. The van der Waals surface area contributed by atoms with Crippen LogP contribution >= 0.6 is 0 Å². The molecule has 0 radical (unpaired) electrons. The fourth-order valence-electron chi connectivity index (χ4n) is 2.92. The van der Waals surface area contributed by atoms with Gasteiger partial charge in [0.2, 0.25) is 5.91 Å². The van der Waals surface area contributed by atoms with E-state index in [2.05, 4.69) is 0 Å². The molecule has 0 bridgehead atoms. The van der Waals surface area contributed by atoms with E-state index in [1.54, 1.807) is 48.4 Å². The molecular formula is C19H20N2O4. The summed E-state index contributed by atoms with van der Waals surface area (Å²) < 4.78 is 10.8. The molecular weight excluding hydrogens is 320 g/mol. The summed E-state index contributed by atoms with van der Waals surface area (Å²) in [7, 11) is 1.61. The van der Waals surface area contributed by atoms with E-state index in [-0.39, 0.29) is 5.91 Å². The second-order valence-electron chi connectivity index (χ2n) is 5.86. The molecule has 6 heteroatoms. The van der Waals surface area contributed by atoms with Crippen molar-refractivity contribution in [3.05, 3.63) is 54.1 Å². The minimum atomic E-state index is -0.511. The smallest absolute Gasteiger partial charge is 0.254 e. The van der Waals surface area contributed by atoms with Gasteiger partial charge in [-0.1, -0.05) is 0 Å². The largest absolute Gasteiger partial charge is 0.497 e. The fraction of sp³-hybridized carbons (Fsp3) is 0.263. The first-order valence-corrected chi connectivity index (χ1v) is 8.11. The van der Waals surface area contributed by atoms with Gasteiger partial charge >= 0.3 is 0 Å². The van der Waals surface area contributed by atoms with Crippen molar-refractivity contribution in [2.45, 2.75) is 18.9 Å². The quantitative estimate of drug-likeness (QED) is 0.907. The van der Waals surface area contributed by atoms with E-state index >= 15 is 0 Å². The predicted molar refractivity (Wildman–Crippen MR) is 92.8 cm³/mol. The lowest BCUT2D eigenvalue weighted by Crippen LogP contribution is -2.43. The van der Waals surface area contributed by atoms with E-state index < -0.39 is 11.9 Å². The van der Waals surface area contributed by atoms with Gasteiger partial charge in [0.25, 0.3) is 5.91 Å². The summed E-state index contributed by atoms with van der Waals surface area (Å²) in [5.41, 5.74) is 5.88. The molecule has 1 saturated heterocycles. The van der Waals surface area contributed by atoms with Gasteiger partial charge in [0.1, 0.15) is 23.3 Å². The van der Waals surface area contributed by atoms with Gasteiger partial charge in [-0.05, 0) is 61.4 Å². The number of ether oxygens (including phenoxy) is 2. The number of rotatable bonds is 5. The van der Waals surface area contributed by atoms with Crippen LogP contribution < -0.4 is 15.2 Å². The predicted octanol–water partition coefficient (Wildman–Crippen LogP) is 2.58. The van der Waals surface area contributed by atoms with Crippen LogP contribution in [0, 0.1) is 0 Å². The lowest BCUT2D eigenvalue weighted by Gasteiger charge is -2.22. The van der Waals surface area contributed by atoms with Crippen molar-refractivity contribution >= 4 is 11.8 Å². The lowest BCUT2D eigenvalue weighted by molar-refractivity contribution is -0.121. The van der Waals surface area contributed by atoms with E-state index in [4.69, 9.17) is 15.2 Å². The summed E-state index contributed by atoms with van der Waals surface area (Å²) in [4.78, 5) is 25.6. The summed E-state index contributed by atoms with van der Waals surface area (Å²) in [6.07, 6.45) is 1.41. The molecule has 2 aromatic carbocycles. The van der Waals surface area contributed by atoms with Gasteiger partial charge in [-0.15, -0.1) is 0 Å². The summed E-state index contributed by atoms with van der Waals surface area (Å²) >= 11 is 0. The van der Waals surface area contributed by atoms with Crippen LogP contribution in [0.1, 0.15) is 23.2 Å². The zero-order valence-electron chi connectivity index (χ0n) is 14.0. The number of benzene rings is 2. The van der Waals surface area contributed by atoms with Gasteiger partial charge in [0.15, 0.2) is 0 Å². The van der Waals surface area contributed by atoms with Gasteiger partial charge in [-0.3, -0.25) is 9.59 Å². The van der Waals surface area contributed by atoms with Gasteiger partial charge in [0, 0.05) is 12.1 Å². The molecule has 0 saturated carbocycles. The first-order valence-electron chi connectivity index (χ1n) is 8.11. The highest BCUT2D eigenvalue weighted by molar-refractivity contribution is 5.97. The van der Waals surface area contributed by atoms with Crippen molar-refractivity contribution in [1.29, 1.82) is 0 Å². The minimum Gasteiger partial charge on any atom is -0.497 e. The highest BCUT2D eigenvalue weighted by Crippen LogP contribution is 2.25. The molecule has 0 spiro atoms. The Morgan fingerprint density at radius 3 is 2.12 bits per heavy atom. The van der Waals surface area contributed by atoms with Crippen LogP contribution in [0.4, 0.5) is 0 Å². The molecule has 2 aromatic rings. The Labute approximate surface area is 146 Å². The van der Waals surface area contributed by atoms with Crippen LogP contribution in [0.2, 0.25) is 0 Å². The topological polar surface area (TPSA) is 81.9 Å². The first kappa shape index (κ1) is 16.8. The third-order valence-corrected chi connectivity index (χ3v) is 4.24. The standard InChI is InChI=1S/C19H20N2O4/c1-24-14-8-10-16(11-9-14)25-15-6-4-13(5-7-15)19(23)21-12-2-3-17(21)18(20)22/h4-11,17H,2-3,12H2,1H3,(H2,20,22)/t17-/m0/s1. The molecule has 6 nitrogen and oxygen atoms in total. The van der Waals surface area contributed by atoms with E-state index in [1.165, 1.54) is 0 Å². The first-order chi connectivity index (χ1) is 12.1. The molecule has 130 valence electrons. The van der Waals surface area contributed by atoms with Gasteiger partial charge in [-0.25, -0.2) is 0 Å². The molecule has 1 atom stereocenters. The van der Waals surface area contributed by atoms with Crippen LogP contribution in [-0.2, 0) is 4.79 Å². The fourth-order valence-corrected chi connectivity index (χ4v) is 2.92. The Morgan fingerprint density at radius 1 is 1.00 bits per heavy atom. The van der Waals surface area contributed by atoms with E-state index in [0.717, 1.165) is 12.2 Å². The second-order valence-corrected chi connectivity index (χ2v) is 5.86. The number of hydrogen-bond donors (Lipinski definition) is 1. The van der Waals surface area contributed by atoms with E-state index in [9.17, 15) is 9.59 Å². The Morgan fingerprint density at radius 2 is 1.56 bits per heavy atom. The summed E-state index contributed by atoms with van der Waals surface area (Å²) in [6, 6.07) is 13.6. The van der Waals surface area contributed by atoms with Crippen molar-refractivity contribution in [2.75, 3.05) is 13.7 Å². The van der Waals surface area contributed by atoms with Crippen molar-refractivity contribution in [2.24, 2.45) is 5.73 Å². The molecule has 1 fully saturated rings. The number of hydrogen-bond acceptors (Lipinski definition) is 4. The maximum Gasteiger partial charge on any atom is 0.254 e. The Hall–Kier alpha value is -3.02. The summed E-state index contributed by atoms with van der Waals surface area (Å²) in [5.74, 6) is 1.41. The van der Waals surface area contributed by atoms with E-state index in [1.807, 2.05) is 12.1 Å². The van der Waals surface area contributed by atoms with Crippen LogP contribution in [0.5, 0.6) is 17.2 Å². The minimum absolute atomic E-state index is 0.183. The van der Waals surface area contributed by atoms with E-state index in [0.29, 0.717) is 30.0 Å². The average molecular weight is 340 g/mol. The zero-order valence-corrected chi connectivity index (χ0v) is 14.0. The second kappa shape index (κ2) is 7.25. The number of likely N-dealkylation sites (tertiary alicyclic amines) is 1. The summed E-state index contributed by atoms with van der Waals surface area (Å²) in [6.45, 7) is 0.552. The molecule has 1 aliphatic heterocycles. The highest BCUT2D eigenvalue weighted by atomic mass is 16.5. The molecule has 0 unspecified atom stereocenters. The third kappa shape index (κ3) is 3.74. The van der Waals surface area contributed by atoms with Crippen molar-refractivity contribution in [3.8, 4) is 17.2 Å². The number of amides is 2. The molecule has 0 aliphatic carbocycles. The van der Waals surface area contributed by atoms with Gasteiger partial charge in [-0.2, -0.15) is 0 Å². The van der Waals surface area contributed by atoms with Crippen LogP contribution in [-0.4, -0.2) is 36.4 Å². The molecule has 1 heterocycles. The molecule has 2 N–H and O–H groups in total. The Kier molecular flexibility index (Phi) is 4.88. The Bertz CT molecular complexity index is 756. The molecule has 3 rings (SSSR count). The average Bonchev–Trinajstić information content (AvgIpc) is 3.12. The molecule has 2 amide bonds. The van der Waals surface area contributed by atoms with Crippen LogP contribution in [0.15, 0.2) is 48.5 Å². The SMILES string of the molecule is COc1ccc(Oc2ccc(C(=O)N3CCC[C@H]3C(N)=O)cc2)cc1. The van der Waals surface area contributed by atoms with Crippen molar-refractivity contribution in [3.63, 3.8) is 0 Å².